The molecule has 0 aliphatic carbocycles. The zero-order chi connectivity index (χ0) is 26.1. The van der Waals surface area contributed by atoms with Crippen molar-refractivity contribution >= 4 is 34.3 Å². The van der Waals surface area contributed by atoms with E-state index in [9.17, 15) is 19.5 Å². The summed E-state index contributed by atoms with van der Waals surface area (Å²) in [4.78, 5) is 44.0. The number of methoxy groups -OCH3 is 1. The Hall–Kier alpha value is -4.72. The molecule has 0 radical (unpaired) electrons. The minimum atomic E-state index is -0.832. The van der Waals surface area contributed by atoms with Gasteiger partial charge in [0.05, 0.1) is 24.3 Å². The van der Waals surface area contributed by atoms with Crippen LogP contribution in [0.15, 0.2) is 84.8 Å². The number of aromatic nitrogens is 2. The number of benzene rings is 2. The number of rotatable bonds is 6. The quantitative estimate of drug-likeness (QED) is 0.188. The number of amides is 1. The number of carbonyl (C=O) groups is 3. The largest absolute Gasteiger partial charge is 0.507 e. The van der Waals surface area contributed by atoms with Gasteiger partial charge in [0.1, 0.15) is 5.76 Å². The maximum absolute atomic E-state index is 13.3. The molecule has 1 aliphatic heterocycles. The van der Waals surface area contributed by atoms with Gasteiger partial charge in [0.2, 0.25) is 0 Å². The van der Waals surface area contributed by atoms with Crippen molar-refractivity contribution in [2.24, 2.45) is 7.05 Å². The lowest BCUT2D eigenvalue weighted by molar-refractivity contribution is -0.139. The van der Waals surface area contributed by atoms with Crippen LogP contribution < -0.4 is 0 Å². The van der Waals surface area contributed by atoms with Crippen molar-refractivity contribution in [2.75, 3.05) is 13.7 Å². The Bertz CT molecular complexity index is 1540. The number of ether oxygens (including phenoxy) is 1. The number of pyridine rings is 1. The van der Waals surface area contributed by atoms with E-state index < -0.39 is 23.7 Å². The molecule has 186 valence electrons. The molecule has 0 spiro atoms. The van der Waals surface area contributed by atoms with Crippen LogP contribution in [0, 0.1) is 0 Å². The molecule has 1 saturated heterocycles. The number of hydrogen-bond donors (Lipinski definition) is 1. The Morgan fingerprint density at radius 2 is 1.78 bits per heavy atom. The zero-order valence-corrected chi connectivity index (χ0v) is 20.4. The second kappa shape index (κ2) is 9.73. The number of aryl methyl sites for hydroxylation is 1. The molecule has 1 unspecified atom stereocenters. The summed E-state index contributed by atoms with van der Waals surface area (Å²) in [6.45, 7) is 0.256. The van der Waals surface area contributed by atoms with Gasteiger partial charge in [-0.3, -0.25) is 14.6 Å². The summed E-state index contributed by atoms with van der Waals surface area (Å²) in [6.07, 6.45) is 5.54. The van der Waals surface area contributed by atoms with Crippen LogP contribution in [0.3, 0.4) is 0 Å². The van der Waals surface area contributed by atoms with Crippen molar-refractivity contribution in [2.45, 2.75) is 12.5 Å². The molecule has 2 aromatic heterocycles. The smallest absolute Gasteiger partial charge is 0.337 e. The summed E-state index contributed by atoms with van der Waals surface area (Å²) in [5.74, 6) is -2.23. The van der Waals surface area contributed by atoms with Crippen LogP contribution >= 0.6 is 0 Å². The predicted octanol–water partition coefficient (Wildman–Crippen LogP) is 4.02. The minimum Gasteiger partial charge on any atom is -0.507 e. The molecule has 8 heteroatoms. The Balaban J connectivity index is 1.57. The van der Waals surface area contributed by atoms with Crippen molar-refractivity contribution in [3.05, 3.63) is 107 Å². The van der Waals surface area contributed by atoms with E-state index in [4.69, 9.17) is 4.74 Å². The molecule has 8 nitrogen and oxygen atoms in total. The fraction of sp³-hybridized carbons (Fsp3) is 0.172. The number of Topliss-reactive ketones (excluding diaryl/α,β-unsaturated/α-hetero) is 1. The Labute approximate surface area is 213 Å². The molecule has 3 heterocycles. The molecule has 37 heavy (non-hydrogen) atoms. The van der Waals surface area contributed by atoms with Crippen LogP contribution in [-0.4, -0.2) is 50.9 Å². The maximum Gasteiger partial charge on any atom is 0.337 e. The zero-order valence-electron chi connectivity index (χ0n) is 20.4. The van der Waals surface area contributed by atoms with E-state index in [1.165, 1.54) is 18.2 Å². The van der Waals surface area contributed by atoms with E-state index in [0.717, 1.165) is 16.5 Å². The van der Waals surface area contributed by atoms with Gasteiger partial charge < -0.3 is 19.3 Å². The van der Waals surface area contributed by atoms with E-state index in [0.29, 0.717) is 23.1 Å². The second-order valence-electron chi connectivity index (χ2n) is 8.88. The molecule has 0 bridgehead atoms. The third kappa shape index (κ3) is 4.27. The first kappa shape index (κ1) is 24.0. The Morgan fingerprint density at radius 1 is 1.03 bits per heavy atom. The van der Waals surface area contributed by atoms with Crippen molar-refractivity contribution in [1.82, 2.24) is 14.5 Å². The third-order valence-corrected chi connectivity index (χ3v) is 6.72. The highest BCUT2D eigenvalue weighted by molar-refractivity contribution is 6.46. The van der Waals surface area contributed by atoms with Crippen LogP contribution in [0.25, 0.3) is 16.7 Å². The number of aliphatic hydroxyl groups excluding tert-OH is 1. The van der Waals surface area contributed by atoms with Gasteiger partial charge in [-0.25, -0.2) is 4.79 Å². The average Bonchev–Trinajstić information content (AvgIpc) is 3.39. The van der Waals surface area contributed by atoms with E-state index in [1.807, 2.05) is 42.1 Å². The van der Waals surface area contributed by atoms with Gasteiger partial charge in [0.25, 0.3) is 11.7 Å². The SMILES string of the molecule is COC(=O)c1ccc(C2/C(=C(\O)c3cccnc3)C(=O)C(=O)N2CCc2cn(C)c3ccccc23)cc1. The van der Waals surface area contributed by atoms with Gasteiger partial charge in [-0.2, -0.15) is 0 Å². The van der Waals surface area contributed by atoms with E-state index >= 15 is 0 Å². The number of fused-ring (bicyclic) bond motifs is 1. The van der Waals surface area contributed by atoms with Crippen LogP contribution in [0.2, 0.25) is 0 Å². The summed E-state index contributed by atoms with van der Waals surface area (Å²) < 4.78 is 6.81. The van der Waals surface area contributed by atoms with Crippen molar-refractivity contribution in [3.63, 3.8) is 0 Å². The van der Waals surface area contributed by atoms with Gasteiger partial charge in [0, 0.05) is 48.6 Å². The van der Waals surface area contributed by atoms with Gasteiger partial charge in [-0.15, -0.1) is 0 Å². The molecule has 1 aliphatic rings. The first-order valence-electron chi connectivity index (χ1n) is 11.8. The molecule has 5 rings (SSSR count). The second-order valence-corrected chi connectivity index (χ2v) is 8.88. The fourth-order valence-corrected chi connectivity index (χ4v) is 4.90. The molecule has 2 aromatic carbocycles. The van der Waals surface area contributed by atoms with Crippen molar-refractivity contribution in [3.8, 4) is 0 Å². The monoisotopic (exact) mass is 495 g/mol. The fourth-order valence-electron chi connectivity index (χ4n) is 4.90. The molecule has 1 atom stereocenters. The van der Waals surface area contributed by atoms with Crippen LogP contribution in [-0.2, 0) is 27.8 Å². The van der Waals surface area contributed by atoms with Crippen LogP contribution in [0.1, 0.15) is 33.1 Å². The summed E-state index contributed by atoms with van der Waals surface area (Å²) >= 11 is 0. The molecule has 1 fully saturated rings. The number of hydrogen-bond acceptors (Lipinski definition) is 6. The first-order chi connectivity index (χ1) is 17.9. The number of ketones is 1. The molecule has 1 amide bonds. The molecule has 4 aromatic rings. The van der Waals surface area contributed by atoms with Gasteiger partial charge in [-0.1, -0.05) is 30.3 Å². The number of esters is 1. The van der Waals surface area contributed by atoms with Crippen LogP contribution in [0.4, 0.5) is 0 Å². The number of para-hydroxylation sites is 1. The number of carbonyl (C=O) groups excluding carboxylic acids is 3. The standard InChI is InChI=1S/C29H25N3O5/c1-31-17-21(22-7-3-4-8-23(22)31)13-15-32-25(18-9-11-19(12-10-18)29(36)37-2)24(27(34)28(32)35)26(33)20-6-5-14-30-16-20/h3-12,14,16-17,25,33H,13,15H2,1-2H3/b26-24+. The van der Waals surface area contributed by atoms with Crippen molar-refractivity contribution in [1.29, 1.82) is 0 Å². The highest BCUT2D eigenvalue weighted by atomic mass is 16.5. The number of nitrogens with zero attached hydrogens (tertiary/aromatic N) is 3. The highest BCUT2D eigenvalue weighted by Gasteiger charge is 2.46. The Kier molecular flexibility index (Phi) is 6.31. The van der Waals surface area contributed by atoms with Crippen LogP contribution in [0.5, 0.6) is 0 Å². The topological polar surface area (TPSA) is 102 Å². The average molecular weight is 496 g/mol. The summed E-state index contributed by atoms with van der Waals surface area (Å²) in [5, 5.41) is 12.2. The number of likely N-dealkylation sites (tertiary alicyclic amines) is 1. The molecular formula is C29H25N3O5. The third-order valence-electron chi connectivity index (χ3n) is 6.72. The highest BCUT2D eigenvalue weighted by Crippen LogP contribution is 2.39. The Morgan fingerprint density at radius 3 is 2.49 bits per heavy atom. The van der Waals surface area contributed by atoms with Crippen molar-refractivity contribution < 1.29 is 24.2 Å². The summed E-state index contributed by atoms with van der Waals surface area (Å²) in [7, 11) is 3.27. The lowest BCUT2D eigenvalue weighted by atomic mass is 9.95. The predicted molar refractivity (Wildman–Crippen MR) is 138 cm³/mol. The van der Waals surface area contributed by atoms with E-state index in [-0.39, 0.29) is 17.9 Å². The number of aliphatic hydroxyl groups is 1. The lowest BCUT2D eigenvalue weighted by Gasteiger charge is -2.25. The van der Waals surface area contributed by atoms with E-state index in [1.54, 1.807) is 42.6 Å². The molecule has 1 N–H and O–H groups in total. The van der Waals surface area contributed by atoms with Gasteiger partial charge in [0.15, 0.2) is 0 Å². The summed E-state index contributed by atoms with van der Waals surface area (Å²) in [6, 6.07) is 16.9. The summed E-state index contributed by atoms with van der Waals surface area (Å²) in [5.41, 5.74) is 3.38. The molecule has 0 saturated carbocycles. The van der Waals surface area contributed by atoms with Gasteiger partial charge in [-0.05, 0) is 47.9 Å². The minimum absolute atomic E-state index is 0.0123. The van der Waals surface area contributed by atoms with Gasteiger partial charge >= 0.3 is 5.97 Å². The first-order valence-corrected chi connectivity index (χ1v) is 11.8. The lowest BCUT2D eigenvalue weighted by Crippen LogP contribution is -2.31. The molecular weight excluding hydrogens is 470 g/mol. The van der Waals surface area contributed by atoms with E-state index in [2.05, 4.69) is 4.98 Å². The maximum atomic E-state index is 13.3. The normalized spacial score (nSPS) is 16.9.